The minimum Gasteiger partial charge on any atom is -0.338 e. The molecule has 154 valence electrons. The van der Waals surface area contributed by atoms with E-state index in [1.54, 1.807) is 17.8 Å². The van der Waals surface area contributed by atoms with Gasteiger partial charge in [-0.05, 0) is 61.1 Å². The number of hydrogen-bond acceptors (Lipinski definition) is 4. The summed E-state index contributed by atoms with van der Waals surface area (Å²) < 4.78 is 13.7. The molecule has 3 N–H and O–H groups in total. The third kappa shape index (κ3) is 3.61. The van der Waals surface area contributed by atoms with Gasteiger partial charge in [-0.3, -0.25) is 4.79 Å². The van der Waals surface area contributed by atoms with Crippen molar-refractivity contribution in [2.45, 2.75) is 73.8 Å². The van der Waals surface area contributed by atoms with Gasteiger partial charge < -0.3 is 16.0 Å². The molecule has 0 aromatic heterocycles. The second-order valence-corrected chi connectivity index (χ2v) is 9.82. The zero-order chi connectivity index (χ0) is 20.0. The van der Waals surface area contributed by atoms with Crippen LogP contribution in [0.3, 0.4) is 0 Å². The normalized spacial score (nSPS) is 27.4. The standard InChI is InChI=1S/C23H28FN3OS/c24-16-9-10-19-14(12-16)8-11-20-21(19)29-23(27(20)18-6-1-2-7-18)26-22(28)15-4-3-5-17(25)13-15/h8-12,15,17-18,23H,1-7,13,25H2,(H,26,28)/t15-,17+,23?/m1/s1. The first-order valence-corrected chi connectivity index (χ1v) is 11.7. The molecule has 5 rings (SSSR count). The van der Waals surface area contributed by atoms with Gasteiger partial charge in [0.2, 0.25) is 5.91 Å². The van der Waals surface area contributed by atoms with Crippen LogP contribution in [-0.4, -0.2) is 23.5 Å². The Labute approximate surface area is 175 Å². The molecule has 0 saturated heterocycles. The average Bonchev–Trinajstić information content (AvgIpc) is 3.34. The van der Waals surface area contributed by atoms with Crippen molar-refractivity contribution < 1.29 is 9.18 Å². The molecule has 2 aliphatic carbocycles. The Bertz CT molecular complexity index is 930. The van der Waals surface area contributed by atoms with E-state index in [0.717, 1.165) is 54.2 Å². The first-order chi connectivity index (χ1) is 14.1. The molecule has 1 aliphatic heterocycles. The molecule has 0 radical (unpaired) electrons. The number of carbonyl (C=O) groups excluding carboxylic acids is 1. The molecule has 29 heavy (non-hydrogen) atoms. The number of hydrogen-bond donors (Lipinski definition) is 2. The van der Waals surface area contributed by atoms with E-state index in [-0.39, 0.29) is 29.2 Å². The van der Waals surface area contributed by atoms with Gasteiger partial charge in [0.15, 0.2) is 5.50 Å². The van der Waals surface area contributed by atoms with E-state index >= 15 is 0 Å². The van der Waals surface area contributed by atoms with Crippen molar-refractivity contribution in [3.05, 3.63) is 36.1 Å². The Morgan fingerprint density at radius 3 is 2.72 bits per heavy atom. The van der Waals surface area contributed by atoms with E-state index in [2.05, 4.69) is 16.3 Å². The second-order valence-electron chi connectivity index (χ2n) is 8.73. The molecule has 1 heterocycles. The highest BCUT2D eigenvalue weighted by atomic mass is 32.2. The van der Waals surface area contributed by atoms with Crippen LogP contribution in [0.2, 0.25) is 0 Å². The lowest BCUT2D eigenvalue weighted by Crippen LogP contribution is -2.50. The lowest BCUT2D eigenvalue weighted by molar-refractivity contribution is -0.126. The number of nitrogens with zero attached hydrogens (tertiary/aromatic N) is 1. The molecule has 3 aliphatic rings. The average molecular weight is 414 g/mol. The zero-order valence-corrected chi connectivity index (χ0v) is 17.4. The van der Waals surface area contributed by atoms with Crippen LogP contribution >= 0.6 is 11.8 Å². The van der Waals surface area contributed by atoms with Gasteiger partial charge in [-0.2, -0.15) is 0 Å². The Hall–Kier alpha value is -1.79. The van der Waals surface area contributed by atoms with E-state index in [1.165, 1.54) is 24.6 Å². The molecule has 2 aromatic rings. The van der Waals surface area contributed by atoms with Crippen molar-refractivity contribution in [3.63, 3.8) is 0 Å². The fourth-order valence-electron chi connectivity index (χ4n) is 5.26. The van der Waals surface area contributed by atoms with Crippen molar-refractivity contribution in [3.8, 4) is 0 Å². The maximum absolute atomic E-state index is 13.7. The number of nitrogens with one attached hydrogen (secondary N) is 1. The van der Waals surface area contributed by atoms with Gasteiger partial charge in [0.05, 0.1) is 5.69 Å². The minimum absolute atomic E-state index is 0.0133. The predicted molar refractivity (Wildman–Crippen MR) is 116 cm³/mol. The van der Waals surface area contributed by atoms with Crippen molar-refractivity contribution in [2.75, 3.05) is 4.90 Å². The van der Waals surface area contributed by atoms with Gasteiger partial charge in [-0.1, -0.05) is 43.2 Å². The quantitative estimate of drug-likeness (QED) is 0.762. The van der Waals surface area contributed by atoms with Crippen LogP contribution < -0.4 is 16.0 Å². The summed E-state index contributed by atoms with van der Waals surface area (Å²) in [5, 5.41) is 5.31. The van der Waals surface area contributed by atoms with Gasteiger partial charge in [-0.25, -0.2) is 4.39 Å². The Morgan fingerprint density at radius 2 is 1.93 bits per heavy atom. The molecule has 2 fully saturated rings. The highest BCUT2D eigenvalue weighted by molar-refractivity contribution is 8.00. The number of nitrogens with two attached hydrogens (primary N) is 1. The first kappa shape index (κ1) is 19.2. The van der Waals surface area contributed by atoms with Crippen molar-refractivity contribution in [1.82, 2.24) is 5.32 Å². The maximum Gasteiger partial charge on any atom is 0.225 e. The molecule has 2 aromatic carbocycles. The smallest absolute Gasteiger partial charge is 0.225 e. The second kappa shape index (κ2) is 7.80. The lowest BCUT2D eigenvalue weighted by atomic mass is 9.85. The Balaban J connectivity index is 1.46. The summed E-state index contributed by atoms with van der Waals surface area (Å²) in [7, 11) is 0. The summed E-state index contributed by atoms with van der Waals surface area (Å²) in [6.45, 7) is 0. The van der Waals surface area contributed by atoms with E-state index in [4.69, 9.17) is 5.73 Å². The molecule has 3 atom stereocenters. The summed E-state index contributed by atoms with van der Waals surface area (Å²) in [6.07, 6.45) is 8.53. The zero-order valence-electron chi connectivity index (χ0n) is 16.6. The number of thioether (sulfide) groups is 1. The van der Waals surface area contributed by atoms with E-state index in [1.807, 2.05) is 12.1 Å². The fourth-order valence-corrected chi connectivity index (χ4v) is 6.66. The van der Waals surface area contributed by atoms with Crippen LogP contribution in [0.1, 0.15) is 51.4 Å². The van der Waals surface area contributed by atoms with Crippen LogP contribution in [-0.2, 0) is 4.79 Å². The van der Waals surface area contributed by atoms with Gasteiger partial charge in [0.1, 0.15) is 5.82 Å². The Kier molecular flexibility index (Phi) is 5.16. The molecular formula is C23H28FN3OS. The van der Waals surface area contributed by atoms with Crippen LogP contribution in [0.5, 0.6) is 0 Å². The highest BCUT2D eigenvalue weighted by Gasteiger charge is 2.39. The summed E-state index contributed by atoms with van der Waals surface area (Å²) in [5.41, 5.74) is 7.19. The summed E-state index contributed by atoms with van der Waals surface area (Å²) in [5.74, 6) is -0.0743. The SMILES string of the molecule is N[C@H]1CCC[C@@H](C(=O)NC2Sc3c(ccc4cc(F)ccc34)N2C2CCCC2)C1. The highest BCUT2D eigenvalue weighted by Crippen LogP contribution is 2.49. The lowest BCUT2D eigenvalue weighted by Gasteiger charge is -2.34. The molecular weight excluding hydrogens is 385 g/mol. The van der Waals surface area contributed by atoms with Crippen molar-refractivity contribution in [1.29, 1.82) is 0 Å². The Morgan fingerprint density at radius 1 is 1.10 bits per heavy atom. The summed E-state index contributed by atoms with van der Waals surface area (Å²) in [6, 6.07) is 9.67. The van der Waals surface area contributed by atoms with Gasteiger partial charge in [0, 0.05) is 22.9 Å². The van der Waals surface area contributed by atoms with Gasteiger partial charge in [0.25, 0.3) is 0 Å². The van der Waals surface area contributed by atoms with E-state index < -0.39 is 0 Å². The van der Waals surface area contributed by atoms with Crippen LogP contribution in [0.4, 0.5) is 10.1 Å². The number of carbonyl (C=O) groups is 1. The largest absolute Gasteiger partial charge is 0.338 e. The molecule has 2 saturated carbocycles. The maximum atomic E-state index is 13.7. The van der Waals surface area contributed by atoms with Crippen LogP contribution in [0, 0.1) is 11.7 Å². The summed E-state index contributed by atoms with van der Waals surface area (Å²) >= 11 is 1.70. The molecule has 1 amide bonds. The number of benzene rings is 2. The third-order valence-corrected chi connectivity index (χ3v) is 7.97. The minimum atomic E-state index is -0.216. The van der Waals surface area contributed by atoms with E-state index in [9.17, 15) is 9.18 Å². The number of anilines is 1. The van der Waals surface area contributed by atoms with Gasteiger partial charge >= 0.3 is 0 Å². The number of halogens is 1. The summed E-state index contributed by atoms with van der Waals surface area (Å²) in [4.78, 5) is 16.6. The molecule has 0 spiro atoms. The monoisotopic (exact) mass is 413 g/mol. The predicted octanol–water partition coefficient (Wildman–Crippen LogP) is 4.75. The number of fused-ring (bicyclic) bond motifs is 3. The van der Waals surface area contributed by atoms with Crippen LogP contribution in [0.25, 0.3) is 10.8 Å². The number of rotatable bonds is 3. The van der Waals surface area contributed by atoms with Crippen molar-refractivity contribution >= 4 is 34.1 Å². The van der Waals surface area contributed by atoms with Crippen LogP contribution in [0.15, 0.2) is 35.2 Å². The molecule has 1 unspecified atom stereocenters. The van der Waals surface area contributed by atoms with E-state index in [0.29, 0.717) is 6.04 Å². The van der Waals surface area contributed by atoms with Crippen molar-refractivity contribution in [2.24, 2.45) is 11.7 Å². The fraction of sp³-hybridized carbons (Fsp3) is 0.522. The first-order valence-electron chi connectivity index (χ1n) is 10.8. The molecule has 0 bridgehead atoms. The third-order valence-electron chi connectivity index (χ3n) is 6.74. The molecule has 6 heteroatoms. The van der Waals surface area contributed by atoms with Gasteiger partial charge in [-0.15, -0.1) is 0 Å². The topological polar surface area (TPSA) is 58.4 Å². The number of amides is 1. The molecule has 4 nitrogen and oxygen atoms in total.